The van der Waals surface area contributed by atoms with Crippen LogP contribution in [0, 0.1) is 5.82 Å². The van der Waals surface area contributed by atoms with E-state index < -0.39 is 6.10 Å². The summed E-state index contributed by atoms with van der Waals surface area (Å²) < 4.78 is 24.7. The number of fused-ring (bicyclic) bond motifs is 1. The predicted molar refractivity (Wildman–Crippen MR) is 88.2 cm³/mol. The average Bonchev–Trinajstić information content (AvgIpc) is 3.02. The number of nitrogens with zero attached hydrogens (tertiary/aromatic N) is 1. The van der Waals surface area contributed by atoms with Crippen molar-refractivity contribution >= 4 is 5.91 Å². The van der Waals surface area contributed by atoms with Crippen molar-refractivity contribution in [2.24, 2.45) is 0 Å². The van der Waals surface area contributed by atoms with Gasteiger partial charge in [-0.2, -0.15) is 0 Å². The van der Waals surface area contributed by atoms with E-state index in [1.54, 1.807) is 35.2 Å². The first-order chi connectivity index (χ1) is 12.1. The summed E-state index contributed by atoms with van der Waals surface area (Å²) in [5, 5.41) is 10.1. The molecule has 0 bridgehead atoms. The van der Waals surface area contributed by atoms with Crippen molar-refractivity contribution in [1.29, 1.82) is 0 Å². The van der Waals surface area contributed by atoms with Gasteiger partial charge in [-0.1, -0.05) is 18.2 Å². The summed E-state index contributed by atoms with van der Waals surface area (Å²) in [6, 6.07) is 11.0. The summed E-state index contributed by atoms with van der Waals surface area (Å²) >= 11 is 0. The summed E-state index contributed by atoms with van der Waals surface area (Å²) in [4.78, 5) is 14.7. The van der Waals surface area contributed by atoms with Gasteiger partial charge in [-0.25, -0.2) is 4.39 Å². The Morgan fingerprint density at radius 1 is 1.16 bits per heavy atom. The first-order valence-corrected chi connectivity index (χ1v) is 8.26. The highest BCUT2D eigenvalue weighted by Gasteiger charge is 2.37. The van der Waals surface area contributed by atoms with E-state index >= 15 is 0 Å². The van der Waals surface area contributed by atoms with Crippen molar-refractivity contribution in [3.63, 3.8) is 0 Å². The van der Waals surface area contributed by atoms with Crippen LogP contribution in [0.15, 0.2) is 42.5 Å². The van der Waals surface area contributed by atoms with E-state index in [2.05, 4.69) is 0 Å². The first-order valence-electron chi connectivity index (χ1n) is 8.26. The number of β-amino-alcohol motifs (C(OH)–C–C–N with tert-alkyl or cyclic N) is 1. The topological polar surface area (TPSA) is 59.0 Å². The fraction of sp³-hybridized carbons (Fsp3) is 0.316. The van der Waals surface area contributed by atoms with Crippen LogP contribution in [0.4, 0.5) is 4.39 Å². The van der Waals surface area contributed by atoms with Crippen LogP contribution in [-0.4, -0.2) is 41.8 Å². The molecule has 2 aliphatic rings. The Kier molecular flexibility index (Phi) is 4.05. The minimum Gasteiger partial charge on any atom is -0.486 e. The SMILES string of the molecule is O=C(c1cccc2c1OCCO2)N1C[C@@H](O)C[C@@H]1c1cccc(F)c1. The summed E-state index contributed by atoms with van der Waals surface area (Å²) in [7, 11) is 0. The third-order valence-electron chi connectivity index (χ3n) is 4.57. The fourth-order valence-electron chi connectivity index (χ4n) is 3.46. The maximum Gasteiger partial charge on any atom is 0.258 e. The van der Waals surface area contributed by atoms with Gasteiger partial charge in [-0.15, -0.1) is 0 Å². The van der Waals surface area contributed by atoms with Gasteiger partial charge in [0, 0.05) is 6.54 Å². The average molecular weight is 343 g/mol. The van der Waals surface area contributed by atoms with Crippen LogP contribution < -0.4 is 9.47 Å². The molecule has 0 spiro atoms. The molecule has 0 unspecified atom stereocenters. The molecule has 25 heavy (non-hydrogen) atoms. The lowest BCUT2D eigenvalue weighted by atomic mass is 10.0. The lowest BCUT2D eigenvalue weighted by Crippen LogP contribution is -2.32. The van der Waals surface area contributed by atoms with Crippen molar-refractivity contribution in [3.8, 4) is 11.5 Å². The zero-order chi connectivity index (χ0) is 17.4. The molecule has 1 fully saturated rings. The van der Waals surface area contributed by atoms with E-state index in [1.807, 2.05) is 0 Å². The molecule has 4 rings (SSSR count). The predicted octanol–water partition coefficient (Wildman–Crippen LogP) is 2.55. The molecule has 2 aliphatic heterocycles. The van der Waals surface area contributed by atoms with E-state index in [0.717, 1.165) is 0 Å². The lowest BCUT2D eigenvalue weighted by Gasteiger charge is -2.27. The zero-order valence-corrected chi connectivity index (χ0v) is 13.5. The van der Waals surface area contributed by atoms with Crippen molar-refractivity contribution in [3.05, 3.63) is 59.4 Å². The Morgan fingerprint density at radius 3 is 2.80 bits per heavy atom. The molecule has 0 aliphatic carbocycles. The number of likely N-dealkylation sites (tertiary alicyclic amines) is 1. The number of carbonyl (C=O) groups is 1. The maximum atomic E-state index is 13.6. The number of amides is 1. The second kappa shape index (κ2) is 6.37. The third kappa shape index (κ3) is 2.93. The molecular formula is C19H18FNO4. The van der Waals surface area contributed by atoms with Gasteiger partial charge in [0.2, 0.25) is 0 Å². The molecular weight excluding hydrogens is 325 g/mol. The van der Waals surface area contributed by atoms with E-state index in [0.29, 0.717) is 42.3 Å². The van der Waals surface area contributed by atoms with Gasteiger partial charge < -0.3 is 19.5 Å². The van der Waals surface area contributed by atoms with E-state index in [-0.39, 0.29) is 24.3 Å². The number of aliphatic hydroxyl groups is 1. The highest BCUT2D eigenvalue weighted by atomic mass is 19.1. The normalized spacial score (nSPS) is 22.1. The van der Waals surface area contributed by atoms with Gasteiger partial charge >= 0.3 is 0 Å². The molecule has 1 amide bonds. The Bertz CT molecular complexity index is 810. The second-order valence-corrected chi connectivity index (χ2v) is 6.25. The van der Waals surface area contributed by atoms with Gasteiger partial charge in [0.05, 0.1) is 17.7 Å². The first kappa shape index (κ1) is 15.9. The smallest absolute Gasteiger partial charge is 0.258 e. The third-order valence-corrected chi connectivity index (χ3v) is 4.57. The quantitative estimate of drug-likeness (QED) is 0.910. The monoisotopic (exact) mass is 343 g/mol. The summed E-state index contributed by atoms with van der Waals surface area (Å²) in [5.41, 5.74) is 1.07. The van der Waals surface area contributed by atoms with Crippen molar-refractivity contribution in [1.82, 2.24) is 4.90 Å². The van der Waals surface area contributed by atoms with Gasteiger partial charge in [-0.3, -0.25) is 4.79 Å². The Hall–Kier alpha value is -2.60. The van der Waals surface area contributed by atoms with E-state index in [1.165, 1.54) is 12.1 Å². The Labute approximate surface area is 144 Å². The number of hydrogen-bond acceptors (Lipinski definition) is 4. The minimum absolute atomic E-state index is 0.199. The molecule has 5 nitrogen and oxygen atoms in total. The van der Waals surface area contributed by atoms with Crippen LogP contribution >= 0.6 is 0 Å². The Balaban J connectivity index is 1.69. The number of halogens is 1. The molecule has 2 aromatic rings. The van der Waals surface area contributed by atoms with Gasteiger partial charge in [0.1, 0.15) is 19.0 Å². The van der Waals surface area contributed by atoms with Gasteiger partial charge in [-0.05, 0) is 36.2 Å². The molecule has 0 radical (unpaired) electrons. The largest absolute Gasteiger partial charge is 0.486 e. The lowest BCUT2D eigenvalue weighted by molar-refractivity contribution is 0.0705. The summed E-state index contributed by atoms with van der Waals surface area (Å²) in [6.45, 7) is 1.02. The fourth-order valence-corrected chi connectivity index (χ4v) is 3.46. The minimum atomic E-state index is -0.645. The number of para-hydroxylation sites is 1. The number of rotatable bonds is 2. The van der Waals surface area contributed by atoms with Gasteiger partial charge in [0.25, 0.3) is 5.91 Å². The standard InChI is InChI=1S/C19H18FNO4/c20-13-4-1-3-12(9-13)16-10-14(22)11-21(16)19(23)15-5-2-6-17-18(15)25-8-7-24-17/h1-6,9,14,16,22H,7-8,10-11H2/t14-,16+/m0/s1. The summed E-state index contributed by atoms with van der Waals surface area (Å²) in [6.07, 6.45) is -0.268. The highest BCUT2D eigenvalue weighted by Crippen LogP contribution is 2.38. The van der Waals surface area contributed by atoms with Crippen LogP contribution in [0.25, 0.3) is 0 Å². The summed E-state index contributed by atoms with van der Waals surface area (Å²) in [5.74, 6) is 0.352. The molecule has 0 saturated carbocycles. The molecule has 2 heterocycles. The van der Waals surface area contributed by atoms with Crippen LogP contribution in [0.5, 0.6) is 11.5 Å². The molecule has 0 aromatic heterocycles. The molecule has 1 N–H and O–H groups in total. The number of carbonyl (C=O) groups excluding carboxylic acids is 1. The number of hydrogen-bond donors (Lipinski definition) is 1. The van der Waals surface area contributed by atoms with Crippen LogP contribution in [0.2, 0.25) is 0 Å². The Morgan fingerprint density at radius 2 is 1.96 bits per heavy atom. The van der Waals surface area contributed by atoms with E-state index in [4.69, 9.17) is 9.47 Å². The second-order valence-electron chi connectivity index (χ2n) is 6.25. The molecule has 2 atom stereocenters. The van der Waals surface area contributed by atoms with Gasteiger partial charge in [0.15, 0.2) is 11.5 Å². The zero-order valence-electron chi connectivity index (χ0n) is 13.5. The maximum absolute atomic E-state index is 13.6. The number of aliphatic hydroxyl groups excluding tert-OH is 1. The number of benzene rings is 2. The molecule has 1 saturated heterocycles. The highest BCUT2D eigenvalue weighted by molar-refractivity contribution is 5.98. The van der Waals surface area contributed by atoms with Crippen molar-refractivity contribution in [2.75, 3.05) is 19.8 Å². The van der Waals surface area contributed by atoms with Crippen molar-refractivity contribution < 1.29 is 23.8 Å². The molecule has 2 aromatic carbocycles. The van der Waals surface area contributed by atoms with Crippen molar-refractivity contribution in [2.45, 2.75) is 18.6 Å². The van der Waals surface area contributed by atoms with Crippen LogP contribution in [0.1, 0.15) is 28.4 Å². The molecule has 130 valence electrons. The van der Waals surface area contributed by atoms with E-state index in [9.17, 15) is 14.3 Å². The number of ether oxygens (including phenoxy) is 2. The van der Waals surface area contributed by atoms with Crippen LogP contribution in [0.3, 0.4) is 0 Å². The molecule has 6 heteroatoms. The van der Waals surface area contributed by atoms with Crippen LogP contribution in [-0.2, 0) is 0 Å².